The van der Waals surface area contributed by atoms with Gasteiger partial charge >= 0.3 is 10.1 Å². The highest BCUT2D eigenvalue weighted by molar-refractivity contribution is 7.86. The quantitative estimate of drug-likeness (QED) is 0.830. The third-order valence-corrected chi connectivity index (χ3v) is 3.65. The molecule has 0 unspecified atom stereocenters. The van der Waals surface area contributed by atoms with Crippen LogP contribution in [0, 0.1) is 13.8 Å². The molecule has 2 rings (SSSR count). The topological polar surface area (TPSA) is 89.6 Å². The van der Waals surface area contributed by atoms with Crippen LogP contribution in [0.4, 0.5) is 0 Å². The zero-order chi connectivity index (χ0) is 15.2. The van der Waals surface area contributed by atoms with Gasteiger partial charge in [-0.1, -0.05) is 35.9 Å². The second-order valence-electron chi connectivity index (χ2n) is 4.15. The van der Waals surface area contributed by atoms with E-state index in [9.17, 15) is 8.42 Å². The van der Waals surface area contributed by atoms with Crippen LogP contribution in [0.2, 0.25) is 0 Å². The molecule has 3 N–H and O–H groups in total. The van der Waals surface area contributed by atoms with Crippen LogP contribution >= 0.6 is 0 Å². The van der Waals surface area contributed by atoms with E-state index in [-0.39, 0.29) is 4.90 Å². The first-order valence-electron chi connectivity index (χ1n) is 5.81. The number of phenols is 1. The Morgan fingerprint density at radius 1 is 1.00 bits per heavy atom. The maximum Gasteiger partial charge on any atom is 0.312 e. The molecule has 0 aromatic heterocycles. The fourth-order valence-electron chi connectivity index (χ4n) is 1.32. The van der Waals surface area contributed by atoms with E-state index < -0.39 is 10.1 Å². The number of aryl methyl sites for hydroxylation is 2. The molecule has 5 nitrogen and oxygen atoms in total. The second-order valence-corrected chi connectivity index (χ2v) is 5.72. The Morgan fingerprint density at radius 3 is 1.95 bits per heavy atom. The molecule has 0 bridgehead atoms. The van der Waals surface area contributed by atoms with Crippen molar-refractivity contribution in [1.82, 2.24) is 0 Å². The van der Waals surface area contributed by atoms with Crippen molar-refractivity contribution in [1.29, 1.82) is 0 Å². The van der Waals surface area contributed by atoms with E-state index in [4.69, 9.17) is 5.11 Å². The maximum absolute atomic E-state index is 11.0. The molecule has 20 heavy (non-hydrogen) atoms. The van der Waals surface area contributed by atoms with Gasteiger partial charge in [0.1, 0.15) is 5.75 Å². The summed E-state index contributed by atoms with van der Waals surface area (Å²) in [7, 11) is -3.74. The SMILES string of the molecule is Cc1ccc(S(=O)(=O)ON)cc1.Cc1ccccc1O. The van der Waals surface area contributed by atoms with Crippen molar-refractivity contribution < 1.29 is 17.8 Å². The van der Waals surface area contributed by atoms with Crippen molar-refractivity contribution in [3.8, 4) is 5.75 Å². The van der Waals surface area contributed by atoms with Gasteiger partial charge in [-0.25, -0.2) is 0 Å². The molecule has 0 aliphatic carbocycles. The standard InChI is InChI=1S/C7H9NO3S.C7H8O/c1-6-2-4-7(5-3-6)12(9,10)11-8;1-6-4-2-3-5-7(6)8/h2-5H,8H2,1H3;2-5,8H,1H3. The summed E-state index contributed by atoms with van der Waals surface area (Å²) in [5.74, 6) is 4.96. The highest BCUT2D eigenvalue weighted by atomic mass is 32.2. The summed E-state index contributed by atoms with van der Waals surface area (Å²) in [6, 6.07) is 13.5. The van der Waals surface area contributed by atoms with Crippen molar-refractivity contribution in [2.24, 2.45) is 5.90 Å². The number of hydrogen-bond donors (Lipinski definition) is 2. The number of nitrogens with two attached hydrogens (primary N) is 1. The summed E-state index contributed by atoms with van der Waals surface area (Å²) in [5, 5.41) is 8.92. The van der Waals surface area contributed by atoms with Gasteiger partial charge in [-0.2, -0.15) is 18.6 Å². The molecule has 0 heterocycles. The molecule has 6 heteroatoms. The summed E-state index contributed by atoms with van der Waals surface area (Å²) in [6.07, 6.45) is 0. The van der Waals surface area contributed by atoms with E-state index in [1.165, 1.54) is 12.1 Å². The Kier molecular flexibility index (Phi) is 5.69. The smallest absolute Gasteiger partial charge is 0.312 e. The fourth-order valence-corrected chi connectivity index (χ4v) is 1.90. The summed E-state index contributed by atoms with van der Waals surface area (Å²) < 4.78 is 25.8. The average Bonchev–Trinajstić information content (AvgIpc) is 2.43. The predicted molar refractivity (Wildman–Crippen MR) is 76.5 cm³/mol. The first kappa shape index (κ1) is 16.2. The van der Waals surface area contributed by atoms with Gasteiger partial charge in [-0.15, -0.1) is 0 Å². The van der Waals surface area contributed by atoms with E-state index in [2.05, 4.69) is 10.2 Å². The van der Waals surface area contributed by atoms with Crippen LogP contribution in [0.3, 0.4) is 0 Å². The molecule has 0 atom stereocenters. The van der Waals surface area contributed by atoms with Crippen molar-refractivity contribution >= 4 is 10.1 Å². The normalized spacial score (nSPS) is 10.6. The molecular formula is C14H17NO4S. The van der Waals surface area contributed by atoms with Crippen molar-refractivity contribution in [2.45, 2.75) is 18.7 Å². The van der Waals surface area contributed by atoms with Crippen molar-refractivity contribution in [3.63, 3.8) is 0 Å². The van der Waals surface area contributed by atoms with Crippen LogP contribution in [-0.2, 0) is 14.4 Å². The van der Waals surface area contributed by atoms with Crippen LogP contribution in [-0.4, -0.2) is 13.5 Å². The first-order valence-corrected chi connectivity index (χ1v) is 7.22. The molecule has 0 radical (unpaired) electrons. The van der Waals surface area contributed by atoms with Gasteiger partial charge < -0.3 is 5.11 Å². The van der Waals surface area contributed by atoms with Gasteiger partial charge in [-0.3, -0.25) is 0 Å². The molecule has 0 aliphatic heterocycles. The molecule has 2 aromatic rings. The molecule has 2 aromatic carbocycles. The van der Waals surface area contributed by atoms with Crippen molar-refractivity contribution in [3.05, 3.63) is 59.7 Å². The Balaban J connectivity index is 0.000000217. The lowest BCUT2D eigenvalue weighted by Crippen LogP contribution is -2.10. The number of aromatic hydroxyl groups is 1. The van der Waals surface area contributed by atoms with Gasteiger partial charge in [-0.05, 0) is 37.6 Å². The van der Waals surface area contributed by atoms with E-state index in [0.29, 0.717) is 5.75 Å². The molecule has 108 valence electrons. The molecular weight excluding hydrogens is 278 g/mol. The maximum atomic E-state index is 11.0. The molecule has 0 amide bonds. The van der Waals surface area contributed by atoms with E-state index in [1.54, 1.807) is 18.2 Å². The minimum absolute atomic E-state index is 0.0654. The van der Waals surface area contributed by atoms with Crippen LogP contribution in [0.1, 0.15) is 11.1 Å². The highest BCUT2D eigenvalue weighted by Gasteiger charge is 2.12. The van der Waals surface area contributed by atoms with Gasteiger partial charge in [0.2, 0.25) is 0 Å². The lowest BCUT2D eigenvalue weighted by Gasteiger charge is -1.99. The Labute approximate surface area is 118 Å². The molecule has 0 aliphatic rings. The lowest BCUT2D eigenvalue weighted by atomic mass is 10.2. The Hall–Kier alpha value is -1.89. The number of phenolic OH excluding ortho intramolecular Hbond substituents is 1. The summed E-state index contributed by atoms with van der Waals surface area (Å²) >= 11 is 0. The predicted octanol–water partition coefficient (Wildman–Crippen LogP) is 2.27. The Morgan fingerprint density at radius 2 is 1.55 bits per heavy atom. The fraction of sp³-hybridized carbons (Fsp3) is 0.143. The van der Waals surface area contributed by atoms with Crippen LogP contribution in [0.25, 0.3) is 0 Å². The van der Waals surface area contributed by atoms with Crippen LogP contribution in [0.5, 0.6) is 5.75 Å². The summed E-state index contributed by atoms with van der Waals surface area (Å²) in [6.45, 7) is 3.73. The molecule has 0 saturated carbocycles. The van der Waals surface area contributed by atoms with E-state index >= 15 is 0 Å². The summed E-state index contributed by atoms with van der Waals surface area (Å²) in [4.78, 5) is 0.0654. The van der Waals surface area contributed by atoms with Gasteiger partial charge in [0.25, 0.3) is 0 Å². The highest BCUT2D eigenvalue weighted by Crippen LogP contribution is 2.12. The monoisotopic (exact) mass is 295 g/mol. The van der Waals surface area contributed by atoms with E-state index in [1.807, 2.05) is 32.0 Å². The minimum Gasteiger partial charge on any atom is -0.508 e. The van der Waals surface area contributed by atoms with Crippen molar-refractivity contribution in [2.75, 3.05) is 0 Å². The number of hydrogen-bond acceptors (Lipinski definition) is 5. The second kappa shape index (κ2) is 7.04. The largest absolute Gasteiger partial charge is 0.508 e. The first-order chi connectivity index (χ1) is 9.36. The minimum atomic E-state index is -3.74. The molecule has 0 fully saturated rings. The zero-order valence-corrected chi connectivity index (χ0v) is 12.1. The van der Waals surface area contributed by atoms with Crippen LogP contribution < -0.4 is 5.90 Å². The molecule has 0 spiro atoms. The number of benzene rings is 2. The summed E-state index contributed by atoms with van der Waals surface area (Å²) in [5.41, 5.74) is 1.90. The lowest BCUT2D eigenvalue weighted by molar-refractivity contribution is 0.333. The third-order valence-electron chi connectivity index (χ3n) is 2.55. The Bertz CT molecular complexity index is 630. The van der Waals surface area contributed by atoms with Crippen LogP contribution in [0.15, 0.2) is 53.4 Å². The third kappa shape index (κ3) is 4.65. The average molecular weight is 295 g/mol. The molecule has 0 saturated heterocycles. The van der Waals surface area contributed by atoms with E-state index in [0.717, 1.165) is 11.1 Å². The van der Waals surface area contributed by atoms with Gasteiger partial charge in [0.15, 0.2) is 0 Å². The zero-order valence-electron chi connectivity index (χ0n) is 11.3. The number of rotatable bonds is 2. The number of para-hydroxylation sites is 1. The van der Waals surface area contributed by atoms with Gasteiger partial charge in [0.05, 0.1) is 4.90 Å². The van der Waals surface area contributed by atoms with Gasteiger partial charge in [0, 0.05) is 0 Å².